The summed E-state index contributed by atoms with van der Waals surface area (Å²) in [7, 11) is -5.26. The molecule has 9 heterocycles. The normalized spacial score (nSPS) is 47.0. The fourth-order valence-corrected chi connectivity index (χ4v) is 8.92. The van der Waals surface area contributed by atoms with Crippen molar-refractivity contribution < 1.29 is 54.3 Å². The zero-order valence-corrected chi connectivity index (χ0v) is 20.3. The van der Waals surface area contributed by atoms with Crippen molar-refractivity contribution in [1.29, 1.82) is 0 Å². The van der Waals surface area contributed by atoms with E-state index < -0.39 is 34.4 Å². The molecule has 0 N–H and O–H groups in total. The summed E-state index contributed by atoms with van der Waals surface area (Å²) in [6, 6.07) is 0. The smallest absolute Gasteiger partial charge is 0.311 e. The van der Waals surface area contributed by atoms with E-state index in [1.54, 1.807) is 0 Å². The highest BCUT2D eigenvalue weighted by atomic mass is 31.2. The van der Waals surface area contributed by atoms with Crippen molar-refractivity contribution in [3.63, 3.8) is 0 Å². The van der Waals surface area contributed by atoms with Gasteiger partial charge in [0.15, 0.2) is 0 Å². The highest BCUT2D eigenvalue weighted by Gasteiger charge is 2.49. The Labute approximate surface area is 184 Å². The lowest BCUT2D eigenvalue weighted by atomic mass is 9.93. The third-order valence-corrected chi connectivity index (χ3v) is 9.79. The first-order valence-electron chi connectivity index (χ1n) is 9.90. The van der Waals surface area contributed by atoms with E-state index in [1.807, 2.05) is 0 Å². The quantitative estimate of drug-likeness (QED) is 0.417. The molecule has 0 aromatic carbocycles. The molecular weight excluding hydrogens is 496 g/mol. The maximum absolute atomic E-state index is 6.14. The van der Waals surface area contributed by atoms with Gasteiger partial charge < -0.3 is 54.3 Å². The molecule has 16 heteroatoms. The van der Waals surface area contributed by atoms with Crippen molar-refractivity contribution in [3.8, 4) is 0 Å². The summed E-state index contributed by atoms with van der Waals surface area (Å²) < 4.78 is 68.5. The van der Waals surface area contributed by atoms with Gasteiger partial charge in [-0.15, -0.1) is 0 Å². The molecule has 9 aliphatic heterocycles. The van der Waals surface area contributed by atoms with E-state index in [0.717, 1.165) is 0 Å². The number of fused-ring (bicyclic) bond motifs is 9. The SMILES string of the molecule is C(OP(OCC12COP(OC1)OC2)OCC12COP(OC1)OC2)C12COP(OC1)OC2. The van der Waals surface area contributed by atoms with Gasteiger partial charge in [0.2, 0.25) is 0 Å². The summed E-state index contributed by atoms with van der Waals surface area (Å²) in [6.07, 6.45) is 0. The van der Waals surface area contributed by atoms with Crippen LogP contribution in [0.5, 0.6) is 0 Å². The van der Waals surface area contributed by atoms with Crippen LogP contribution in [0.15, 0.2) is 0 Å². The van der Waals surface area contributed by atoms with Crippen LogP contribution < -0.4 is 0 Å². The van der Waals surface area contributed by atoms with Gasteiger partial charge in [-0.05, 0) is 0 Å². The Morgan fingerprint density at radius 2 is 0.677 bits per heavy atom. The van der Waals surface area contributed by atoms with E-state index in [1.165, 1.54) is 0 Å². The molecule has 0 unspecified atom stereocenters. The zero-order valence-electron chi connectivity index (χ0n) is 16.7. The first kappa shape index (κ1) is 22.7. The van der Waals surface area contributed by atoms with Gasteiger partial charge in [-0.2, -0.15) is 0 Å². The summed E-state index contributed by atoms with van der Waals surface area (Å²) in [5.74, 6) is 0. The third-order valence-electron chi connectivity index (χ3n) is 5.71. The van der Waals surface area contributed by atoms with E-state index in [9.17, 15) is 0 Å². The standard InChI is InChI=1S/C15H24O12P4/c1-13(2-17-28(16-1)18-3-13)10-25-31(26-11-14-4-19-29(20-5-14)21-6-14)27-12-15-7-22-30(23-8-15)24-9-15/h1-12H2. The van der Waals surface area contributed by atoms with Crippen LogP contribution in [0.1, 0.15) is 0 Å². The minimum Gasteiger partial charge on any atom is -0.311 e. The van der Waals surface area contributed by atoms with Crippen LogP contribution in [0.25, 0.3) is 0 Å². The molecule has 31 heavy (non-hydrogen) atoms. The van der Waals surface area contributed by atoms with Crippen molar-refractivity contribution in [2.24, 2.45) is 16.2 Å². The molecule has 0 aromatic heterocycles. The molecule has 0 aromatic rings. The fraction of sp³-hybridized carbons (Fsp3) is 1.00. The molecule has 0 spiro atoms. The van der Waals surface area contributed by atoms with Crippen LogP contribution in [-0.2, 0) is 54.3 Å². The van der Waals surface area contributed by atoms with Crippen LogP contribution in [-0.4, -0.2) is 79.3 Å². The predicted octanol–water partition coefficient (Wildman–Crippen LogP) is 3.13. The average Bonchev–Trinajstić information content (AvgIpc) is 2.87. The van der Waals surface area contributed by atoms with Gasteiger partial charge >= 0.3 is 34.4 Å². The third kappa shape index (κ3) is 4.98. The van der Waals surface area contributed by atoms with E-state index in [4.69, 9.17) is 54.3 Å². The largest absolute Gasteiger partial charge is 0.332 e. The van der Waals surface area contributed by atoms with Crippen molar-refractivity contribution >= 4 is 34.4 Å². The molecule has 0 radical (unpaired) electrons. The summed E-state index contributed by atoms with van der Waals surface area (Å²) in [6.45, 7) is 5.84. The van der Waals surface area contributed by atoms with Crippen molar-refractivity contribution in [2.75, 3.05) is 79.3 Å². The van der Waals surface area contributed by atoms with Crippen LogP contribution in [0.2, 0.25) is 0 Å². The maximum Gasteiger partial charge on any atom is 0.332 e. The van der Waals surface area contributed by atoms with Crippen LogP contribution in [0, 0.1) is 16.2 Å². The van der Waals surface area contributed by atoms with Gasteiger partial charge in [0.25, 0.3) is 0 Å². The van der Waals surface area contributed by atoms with Crippen LogP contribution in [0.4, 0.5) is 0 Å². The molecule has 0 saturated carbocycles. The van der Waals surface area contributed by atoms with Gasteiger partial charge in [0.05, 0.1) is 95.5 Å². The summed E-state index contributed by atoms with van der Waals surface area (Å²) in [5, 5.41) is 0. The molecule has 0 amide bonds. The monoisotopic (exact) mass is 520 g/mol. The minimum absolute atomic E-state index is 0.339. The lowest BCUT2D eigenvalue weighted by Crippen LogP contribution is -2.48. The zero-order chi connectivity index (χ0) is 20.8. The summed E-state index contributed by atoms with van der Waals surface area (Å²) >= 11 is 0. The van der Waals surface area contributed by atoms with Crippen molar-refractivity contribution in [1.82, 2.24) is 0 Å². The molecule has 0 aliphatic carbocycles. The van der Waals surface area contributed by atoms with Crippen molar-refractivity contribution in [3.05, 3.63) is 0 Å². The number of rotatable bonds is 9. The number of hydrogen-bond donors (Lipinski definition) is 0. The molecule has 9 fully saturated rings. The lowest BCUT2D eigenvalue weighted by molar-refractivity contribution is -0.111. The van der Waals surface area contributed by atoms with Gasteiger partial charge in [-0.3, -0.25) is 0 Å². The Balaban J connectivity index is 1.08. The molecule has 9 aliphatic rings. The molecular formula is C15H24O12P4. The summed E-state index contributed by atoms with van der Waals surface area (Å²) in [4.78, 5) is 0. The molecule has 9 saturated heterocycles. The second-order valence-corrected chi connectivity index (χ2v) is 13.6. The Bertz CT molecular complexity index is 509. The maximum atomic E-state index is 6.14. The topological polar surface area (TPSA) is 111 Å². The van der Waals surface area contributed by atoms with Gasteiger partial charge in [-0.1, -0.05) is 0 Å². The van der Waals surface area contributed by atoms with E-state index in [0.29, 0.717) is 79.3 Å². The lowest BCUT2D eigenvalue weighted by Gasteiger charge is -2.45. The van der Waals surface area contributed by atoms with Gasteiger partial charge in [0.1, 0.15) is 0 Å². The first-order chi connectivity index (χ1) is 15.1. The highest BCUT2D eigenvalue weighted by Crippen LogP contribution is 2.58. The fourth-order valence-electron chi connectivity index (χ4n) is 3.47. The van der Waals surface area contributed by atoms with E-state index >= 15 is 0 Å². The summed E-state index contributed by atoms with van der Waals surface area (Å²) in [5.41, 5.74) is -1.08. The van der Waals surface area contributed by atoms with E-state index in [2.05, 4.69) is 0 Å². The van der Waals surface area contributed by atoms with Crippen LogP contribution in [0.3, 0.4) is 0 Å². The molecule has 9 rings (SSSR count). The van der Waals surface area contributed by atoms with Crippen molar-refractivity contribution in [2.45, 2.75) is 0 Å². The second-order valence-electron chi connectivity index (χ2n) is 8.68. The molecule has 12 nitrogen and oxygen atoms in total. The van der Waals surface area contributed by atoms with Crippen LogP contribution >= 0.6 is 34.4 Å². The second kappa shape index (κ2) is 9.36. The van der Waals surface area contributed by atoms with E-state index in [-0.39, 0.29) is 16.2 Å². The Morgan fingerprint density at radius 3 is 0.903 bits per heavy atom. The van der Waals surface area contributed by atoms with Gasteiger partial charge in [-0.25, -0.2) is 0 Å². The number of hydrogen-bond acceptors (Lipinski definition) is 12. The molecule has 176 valence electrons. The Kier molecular flexibility index (Phi) is 6.85. The predicted molar refractivity (Wildman–Crippen MR) is 106 cm³/mol. The average molecular weight is 520 g/mol. The Morgan fingerprint density at radius 1 is 0.452 bits per heavy atom. The van der Waals surface area contributed by atoms with Gasteiger partial charge in [0, 0.05) is 0 Å². The first-order valence-corrected chi connectivity index (χ1v) is 14.3. The minimum atomic E-state index is -1.68. The Hall–Kier alpha value is 1.24. The highest BCUT2D eigenvalue weighted by molar-refractivity contribution is 7.42. The molecule has 6 bridgehead atoms. The molecule has 0 atom stereocenters.